The predicted octanol–water partition coefficient (Wildman–Crippen LogP) is 1.33. The fourth-order valence-electron chi connectivity index (χ4n) is 3.31. The molecule has 2 aliphatic rings. The van der Waals surface area contributed by atoms with E-state index in [-0.39, 0.29) is 12.0 Å². The van der Waals surface area contributed by atoms with Crippen LogP contribution >= 0.6 is 0 Å². The van der Waals surface area contributed by atoms with Crippen LogP contribution in [0.1, 0.15) is 51.4 Å². The Morgan fingerprint density at radius 3 is 2.59 bits per heavy atom. The SMILES string of the molecule is COC1CCCC(NC2CCCC2)(C(N)=O)C1. The summed E-state index contributed by atoms with van der Waals surface area (Å²) in [5, 5.41) is 3.54. The molecule has 0 aromatic heterocycles. The summed E-state index contributed by atoms with van der Waals surface area (Å²) in [5.41, 5.74) is 5.12. The third kappa shape index (κ3) is 2.80. The molecule has 0 aromatic rings. The molecule has 0 aromatic carbocycles. The number of hydrogen-bond donors (Lipinski definition) is 2. The molecule has 0 heterocycles. The fraction of sp³-hybridized carbons (Fsp3) is 0.923. The number of methoxy groups -OCH3 is 1. The minimum atomic E-state index is -0.520. The maximum Gasteiger partial charge on any atom is 0.237 e. The summed E-state index contributed by atoms with van der Waals surface area (Å²) in [4.78, 5) is 11.8. The topological polar surface area (TPSA) is 64.3 Å². The van der Waals surface area contributed by atoms with Crippen molar-refractivity contribution in [2.75, 3.05) is 7.11 Å². The smallest absolute Gasteiger partial charge is 0.237 e. The van der Waals surface area contributed by atoms with E-state index < -0.39 is 5.54 Å². The van der Waals surface area contributed by atoms with Crippen molar-refractivity contribution in [3.8, 4) is 0 Å². The molecule has 1 amide bonds. The van der Waals surface area contributed by atoms with Crippen LogP contribution < -0.4 is 11.1 Å². The number of nitrogens with two attached hydrogens (primary N) is 1. The Morgan fingerprint density at radius 1 is 1.29 bits per heavy atom. The van der Waals surface area contributed by atoms with Crippen LogP contribution in [0.25, 0.3) is 0 Å². The molecule has 0 bridgehead atoms. The molecule has 98 valence electrons. The van der Waals surface area contributed by atoms with Crippen molar-refractivity contribution in [3.05, 3.63) is 0 Å². The lowest BCUT2D eigenvalue weighted by Crippen LogP contribution is -2.61. The standard InChI is InChI=1S/C13H24N2O2/c1-17-11-7-4-8-13(9-11,12(14)16)15-10-5-2-3-6-10/h10-11,15H,2-9H2,1H3,(H2,14,16). The maximum atomic E-state index is 11.8. The largest absolute Gasteiger partial charge is 0.381 e. The molecular weight excluding hydrogens is 216 g/mol. The first-order valence-corrected chi connectivity index (χ1v) is 6.77. The molecule has 0 saturated heterocycles. The Kier molecular flexibility index (Phi) is 4.05. The average molecular weight is 240 g/mol. The Labute approximate surface area is 103 Å². The van der Waals surface area contributed by atoms with Crippen LogP contribution in [0.15, 0.2) is 0 Å². The van der Waals surface area contributed by atoms with E-state index in [1.807, 2.05) is 0 Å². The number of primary amides is 1. The normalized spacial score (nSPS) is 35.0. The fourth-order valence-corrected chi connectivity index (χ4v) is 3.31. The Hall–Kier alpha value is -0.610. The molecule has 0 spiro atoms. The second-order valence-corrected chi connectivity index (χ2v) is 5.53. The van der Waals surface area contributed by atoms with Gasteiger partial charge in [0.15, 0.2) is 0 Å². The quantitative estimate of drug-likeness (QED) is 0.779. The van der Waals surface area contributed by atoms with Crippen LogP contribution in [0.2, 0.25) is 0 Å². The van der Waals surface area contributed by atoms with Gasteiger partial charge in [0.1, 0.15) is 5.54 Å². The molecule has 2 atom stereocenters. The molecule has 2 rings (SSSR count). The second kappa shape index (κ2) is 5.36. The molecule has 0 radical (unpaired) electrons. The van der Waals surface area contributed by atoms with Gasteiger partial charge in [0.2, 0.25) is 5.91 Å². The van der Waals surface area contributed by atoms with E-state index in [0.29, 0.717) is 6.04 Å². The van der Waals surface area contributed by atoms with Gasteiger partial charge in [-0.3, -0.25) is 4.79 Å². The monoisotopic (exact) mass is 240 g/mol. The van der Waals surface area contributed by atoms with E-state index in [1.54, 1.807) is 7.11 Å². The molecule has 2 saturated carbocycles. The minimum absolute atomic E-state index is 0.171. The average Bonchev–Trinajstić information content (AvgIpc) is 2.81. The number of rotatable bonds is 4. The van der Waals surface area contributed by atoms with E-state index in [1.165, 1.54) is 25.7 Å². The van der Waals surface area contributed by atoms with Crippen molar-refractivity contribution in [2.24, 2.45) is 5.73 Å². The highest BCUT2D eigenvalue weighted by molar-refractivity contribution is 5.85. The van der Waals surface area contributed by atoms with Crippen molar-refractivity contribution >= 4 is 5.91 Å². The summed E-state index contributed by atoms with van der Waals surface area (Å²) in [6.07, 6.45) is 8.69. The van der Waals surface area contributed by atoms with Crippen LogP contribution in [0.5, 0.6) is 0 Å². The number of ether oxygens (including phenoxy) is 1. The van der Waals surface area contributed by atoms with Crippen molar-refractivity contribution in [1.29, 1.82) is 0 Å². The van der Waals surface area contributed by atoms with Gasteiger partial charge in [-0.25, -0.2) is 0 Å². The molecule has 2 aliphatic carbocycles. The lowest BCUT2D eigenvalue weighted by molar-refractivity contribution is -0.128. The zero-order valence-corrected chi connectivity index (χ0v) is 10.7. The molecule has 17 heavy (non-hydrogen) atoms. The van der Waals surface area contributed by atoms with Gasteiger partial charge in [-0.1, -0.05) is 12.8 Å². The molecule has 0 aliphatic heterocycles. The number of carbonyl (C=O) groups is 1. The minimum Gasteiger partial charge on any atom is -0.381 e. The van der Waals surface area contributed by atoms with Gasteiger partial charge in [0.25, 0.3) is 0 Å². The highest BCUT2D eigenvalue weighted by Crippen LogP contribution is 2.32. The lowest BCUT2D eigenvalue weighted by Gasteiger charge is -2.40. The van der Waals surface area contributed by atoms with E-state index in [9.17, 15) is 4.79 Å². The highest BCUT2D eigenvalue weighted by atomic mass is 16.5. The van der Waals surface area contributed by atoms with Crippen LogP contribution in [-0.2, 0) is 9.53 Å². The predicted molar refractivity (Wildman–Crippen MR) is 66.6 cm³/mol. The molecule has 2 fully saturated rings. The van der Waals surface area contributed by atoms with Crippen LogP contribution in [0.4, 0.5) is 0 Å². The summed E-state index contributed by atoms with van der Waals surface area (Å²) in [6.45, 7) is 0. The first kappa shape index (κ1) is 12.8. The third-order valence-corrected chi connectivity index (χ3v) is 4.35. The Balaban J connectivity index is 2.05. The molecule has 3 N–H and O–H groups in total. The summed E-state index contributed by atoms with van der Waals surface area (Å²) in [5.74, 6) is -0.203. The van der Waals surface area contributed by atoms with E-state index in [0.717, 1.165) is 25.7 Å². The third-order valence-electron chi connectivity index (χ3n) is 4.35. The van der Waals surface area contributed by atoms with E-state index in [4.69, 9.17) is 10.5 Å². The number of nitrogens with one attached hydrogen (secondary N) is 1. The number of amides is 1. The number of carbonyl (C=O) groups excluding carboxylic acids is 1. The van der Waals surface area contributed by atoms with Gasteiger partial charge in [-0.05, 0) is 32.1 Å². The van der Waals surface area contributed by atoms with Crippen molar-refractivity contribution < 1.29 is 9.53 Å². The first-order valence-electron chi connectivity index (χ1n) is 6.77. The summed E-state index contributed by atoms with van der Waals surface area (Å²) in [7, 11) is 1.72. The van der Waals surface area contributed by atoms with Crippen LogP contribution in [0, 0.1) is 0 Å². The molecule has 4 nitrogen and oxygen atoms in total. The zero-order valence-electron chi connectivity index (χ0n) is 10.7. The first-order chi connectivity index (χ1) is 8.16. The van der Waals surface area contributed by atoms with Crippen LogP contribution in [0.3, 0.4) is 0 Å². The van der Waals surface area contributed by atoms with Gasteiger partial charge in [-0.2, -0.15) is 0 Å². The highest BCUT2D eigenvalue weighted by Gasteiger charge is 2.43. The van der Waals surface area contributed by atoms with E-state index >= 15 is 0 Å². The van der Waals surface area contributed by atoms with Gasteiger partial charge in [-0.15, -0.1) is 0 Å². The van der Waals surface area contributed by atoms with Crippen molar-refractivity contribution in [3.63, 3.8) is 0 Å². The molecule has 4 heteroatoms. The van der Waals surface area contributed by atoms with Crippen LogP contribution in [-0.4, -0.2) is 30.7 Å². The van der Waals surface area contributed by atoms with Gasteiger partial charge < -0.3 is 15.8 Å². The summed E-state index contributed by atoms with van der Waals surface area (Å²) >= 11 is 0. The summed E-state index contributed by atoms with van der Waals surface area (Å²) < 4.78 is 5.41. The van der Waals surface area contributed by atoms with Gasteiger partial charge in [0.05, 0.1) is 6.10 Å². The Bertz CT molecular complexity index is 277. The second-order valence-electron chi connectivity index (χ2n) is 5.53. The van der Waals surface area contributed by atoms with E-state index in [2.05, 4.69) is 5.32 Å². The van der Waals surface area contributed by atoms with Gasteiger partial charge >= 0.3 is 0 Å². The zero-order chi connectivity index (χ0) is 12.3. The van der Waals surface area contributed by atoms with Crippen molar-refractivity contribution in [2.45, 2.75) is 69.1 Å². The maximum absolute atomic E-state index is 11.8. The summed E-state index contributed by atoms with van der Waals surface area (Å²) in [6, 6.07) is 0.470. The van der Waals surface area contributed by atoms with Gasteiger partial charge in [0, 0.05) is 19.6 Å². The molecule has 2 unspecified atom stereocenters. The Morgan fingerprint density at radius 2 is 2.00 bits per heavy atom. The van der Waals surface area contributed by atoms with Crippen molar-refractivity contribution in [1.82, 2.24) is 5.32 Å². The number of hydrogen-bond acceptors (Lipinski definition) is 3. The molecular formula is C13H24N2O2. The lowest BCUT2D eigenvalue weighted by atomic mass is 9.78.